The minimum atomic E-state index is -4.25. The van der Waals surface area contributed by atoms with Crippen LogP contribution < -0.4 is 5.32 Å². The van der Waals surface area contributed by atoms with Gasteiger partial charge in [-0.05, 0) is 28.8 Å². The molecule has 0 atom stereocenters. The third kappa shape index (κ3) is 3.84. The number of hydrogen-bond donors (Lipinski definition) is 1. The van der Waals surface area contributed by atoms with Crippen molar-refractivity contribution in [3.05, 3.63) is 59.7 Å². The van der Waals surface area contributed by atoms with Gasteiger partial charge in [0.25, 0.3) is 5.91 Å². The molecule has 5 heteroatoms. The average Bonchev–Trinajstić information content (AvgIpc) is 2.45. The van der Waals surface area contributed by atoms with Crippen LogP contribution in [-0.4, -0.2) is 19.1 Å². The van der Waals surface area contributed by atoms with E-state index in [1.165, 1.54) is 13.1 Å². The van der Waals surface area contributed by atoms with E-state index in [0.717, 1.165) is 0 Å². The number of halogens is 3. The summed E-state index contributed by atoms with van der Waals surface area (Å²) in [6, 6.07) is 12.9. The van der Waals surface area contributed by atoms with E-state index in [2.05, 4.69) is 5.32 Å². The first-order valence-corrected chi connectivity index (χ1v) is 6.38. The van der Waals surface area contributed by atoms with Gasteiger partial charge in [-0.3, -0.25) is 4.79 Å². The summed E-state index contributed by atoms with van der Waals surface area (Å²) in [6.45, 7) is 0. The summed E-state index contributed by atoms with van der Waals surface area (Å²) < 4.78 is 37.8. The lowest BCUT2D eigenvalue weighted by Gasteiger charge is -2.12. The molecule has 0 aliphatic rings. The van der Waals surface area contributed by atoms with Crippen LogP contribution in [0.15, 0.2) is 48.5 Å². The molecule has 0 bridgehead atoms. The van der Waals surface area contributed by atoms with Crippen molar-refractivity contribution in [2.75, 3.05) is 7.05 Å². The molecule has 0 saturated carbocycles. The Morgan fingerprint density at radius 2 is 1.67 bits per heavy atom. The quantitative estimate of drug-likeness (QED) is 0.916. The summed E-state index contributed by atoms with van der Waals surface area (Å²) in [5, 5.41) is 2.50. The fraction of sp³-hybridized carbons (Fsp3) is 0.188. The van der Waals surface area contributed by atoms with Gasteiger partial charge in [0.2, 0.25) is 0 Å². The molecule has 1 amide bonds. The second kappa shape index (κ2) is 5.99. The van der Waals surface area contributed by atoms with E-state index in [0.29, 0.717) is 16.7 Å². The Balaban J connectivity index is 2.36. The van der Waals surface area contributed by atoms with E-state index in [4.69, 9.17) is 0 Å². The van der Waals surface area contributed by atoms with E-state index in [1.807, 2.05) is 0 Å². The Labute approximate surface area is 120 Å². The Bertz CT molecular complexity index is 633. The Kier molecular flexibility index (Phi) is 4.31. The van der Waals surface area contributed by atoms with Gasteiger partial charge < -0.3 is 5.32 Å². The fourth-order valence-electron chi connectivity index (χ4n) is 2.12. The van der Waals surface area contributed by atoms with E-state index in [1.54, 1.807) is 42.5 Å². The van der Waals surface area contributed by atoms with Gasteiger partial charge in [0.05, 0.1) is 6.42 Å². The molecule has 110 valence electrons. The van der Waals surface area contributed by atoms with Crippen molar-refractivity contribution in [2.45, 2.75) is 12.6 Å². The topological polar surface area (TPSA) is 29.1 Å². The highest BCUT2D eigenvalue weighted by Crippen LogP contribution is 2.29. The average molecular weight is 293 g/mol. The van der Waals surface area contributed by atoms with Crippen LogP contribution in [0.5, 0.6) is 0 Å². The molecule has 0 saturated heterocycles. The SMILES string of the molecule is CNC(=O)c1ccc(-c2ccccc2CC(F)(F)F)cc1. The van der Waals surface area contributed by atoms with Crippen molar-refractivity contribution in [3.63, 3.8) is 0 Å². The molecule has 0 heterocycles. The number of carbonyl (C=O) groups is 1. The van der Waals surface area contributed by atoms with Gasteiger partial charge in [-0.15, -0.1) is 0 Å². The summed E-state index contributed by atoms with van der Waals surface area (Å²) in [6.07, 6.45) is -5.22. The van der Waals surface area contributed by atoms with Crippen molar-refractivity contribution in [1.29, 1.82) is 0 Å². The molecular formula is C16H14F3NO. The smallest absolute Gasteiger partial charge is 0.355 e. The van der Waals surface area contributed by atoms with Crippen molar-refractivity contribution in [3.8, 4) is 11.1 Å². The fourth-order valence-corrected chi connectivity index (χ4v) is 2.12. The maximum Gasteiger partial charge on any atom is 0.393 e. The number of rotatable bonds is 3. The summed E-state index contributed by atoms with van der Waals surface area (Å²) >= 11 is 0. The number of hydrogen-bond acceptors (Lipinski definition) is 1. The van der Waals surface area contributed by atoms with E-state index in [9.17, 15) is 18.0 Å². The van der Waals surface area contributed by atoms with Gasteiger partial charge in [-0.25, -0.2) is 0 Å². The Morgan fingerprint density at radius 1 is 1.05 bits per heavy atom. The van der Waals surface area contributed by atoms with Gasteiger partial charge in [-0.2, -0.15) is 13.2 Å². The number of alkyl halides is 3. The summed E-state index contributed by atoms with van der Waals surface area (Å²) in [5.41, 5.74) is 1.87. The van der Waals surface area contributed by atoms with Gasteiger partial charge in [-0.1, -0.05) is 36.4 Å². The van der Waals surface area contributed by atoms with Crippen molar-refractivity contribution in [2.24, 2.45) is 0 Å². The van der Waals surface area contributed by atoms with Crippen molar-refractivity contribution in [1.82, 2.24) is 5.32 Å². The minimum absolute atomic E-state index is 0.220. The van der Waals surface area contributed by atoms with Crippen molar-refractivity contribution >= 4 is 5.91 Å². The highest BCUT2D eigenvalue weighted by molar-refractivity contribution is 5.94. The first-order valence-electron chi connectivity index (χ1n) is 6.38. The zero-order chi connectivity index (χ0) is 15.5. The van der Waals surface area contributed by atoms with Crippen LogP contribution in [-0.2, 0) is 6.42 Å². The lowest BCUT2D eigenvalue weighted by Crippen LogP contribution is -2.17. The molecule has 2 aromatic rings. The molecule has 2 rings (SSSR count). The minimum Gasteiger partial charge on any atom is -0.355 e. The molecule has 21 heavy (non-hydrogen) atoms. The van der Waals surface area contributed by atoms with Crippen LogP contribution in [0.3, 0.4) is 0 Å². The van der Waals surface area contributed by atoms with Gasteiger partial charge >= 0.3 is 6.18 Å². The normalized spacial score (nSPS) is 11.2. The summed E-state index contributed by atoms with van der Waals surface area (Å²) in [5.74, 6) is -0.231. The second-order valence-electron chi connectivity index (χ2n) is 4.61. The monoisotopic (exact) mass is 293 g/mol. The second-order valence-corrected chi connectivity index (χ2v) is 4.61. The number of amides is 1. The molecule has 0 fully saturated rings. The van der Waals surface area contributed by atoms with E-state index >= 15 is 0 Å². The molecule has 2 nitrogen and oxygen atoms in total. The molecule has 0 aliphatic carbocycles. The molecule has 0 aliphatic heterocycles. The highest BCUT2D eigenvalue weighted by Gasteiger charge is 2.28. The lowest BCUT2D eigenvalue weighted by atomic mass is 9.96. The standard InChI is InChI=1S/C16H14F3NO/c1-20-15(21)12-8-6-11(7-9-12)14-5-3-2-4-13(14)10-16(17,18)19/h2-9H,10H2,1H3,(H,20,21). The van der Waals surface area contributed by atoms with Gasteiger partial charge in [0.1, 0.15) is 0 Å². The molecule has 0 aromatic heterocycles. The largest absolute Gasteiger partial charge is 0.393 e. The molecule has 2 aromatic carbocycles. The third-order valence-electron chi connectivity index (χ3n) is 3.09. The molecule has 0 unspecified atom stereocenters. The number of nitrogens with one attached hydrogen (secondary N) is 1. The first kappa shape index (κ1) is 15.1. The maximum atomic E-state index is 12.6. The van der Waals surface area contributed by atoms with Gasteiger partial charge in [0.15, 0.2) is 0 Å². The van der Waals surface area contributed by atoms with Crippen LogP contribution in [0.25, 0.3) is 11.1 Å². The molecular weight excluding hydrogens is 279 g/mol. The number of carbonyl (C=O) groups excluding carboxylic acids is 1. The zero-order valence-corrected chi connectivity index (χ0v) is 11.4. The third-order valence-corrected chi connectivity index (χ3v) is 3.09. The maximum absolute atomic E-state index is 12.6. The van der Waals surface area contributed by atoms with E-state index in [-0.39, 0.29) is 11.5 Å². The number of benzene rings is 2. The van der Waals surface area contributed by atoms with E-state index < -0.39 is 12.6 Å². The van der Waals surface area contributed by atoms with Crippen LogP contribution in [0.4, 0.5) is 13.2 Å². The molecule has 0 radical (unpaired) electrons. The Hall–Kier alpha value is -2.30. The predicted octanol–water partition coefficient (Wildman–Crippen LogP) is 3.82. The van der Waals surface area contributed by atoms with Crippen LogP contribution in [0, 0.1) is 0 Å². The van der Waals surface area contributed by atoms with Gasteiger partial charge in [0, 0.05) is 12.6 Å². The lowest BCUT2D eigenvalue weighted by molar-refractivity contribution is -0.127. The van der Waals surface area contributed by atoms with Crippen LogP contribution >= 0.6 is 0 Å². The van der Waals surface area contributed by atoms with Crippen molar-refractivity contribution < 1.29 is 18.0 Å². The zero-order valence-electron chi connectivity index (χ0n) is 11.4. The highest BCUT2D eigenvalue weighted by atomic mass is 19.4. The predicted molar refractivity (Wildman–Crippen MR) is 75.0 cm³/mol. The van der Waals surface area contributed by atoms with Crippen LogP contribution in [0.1, 0.15) is 15.9 Å². The van der Waals surface area contributed by atoms with Crippen LogP contribution in [0.2, 0.25) is 0 Å². The summed E-state index contributed by atoms with van der Waals surface area (Å²) in [7, 11) is 1.52. The molecule has 0 spiro atoms. The molecule has 1 N–H and O–H groups in total. The summed E-state index contributed by atoms with van der Waals surface area (Å²) in [4.78, 5) is 11.5. The first-order chi connectivity index (χ1) is 9.90. The Morgan fingerprint density at radius 3 is 2.24 bits per heavy atom.